The van der Waals surface area contributed by atoms with Crippen LogP contribution in [0.3, 0.4) is 0 Å². The molecule has 3 rings (SSSR count). The van der Waals surface area contributed by atoms with Gasteiger partial charge < -0.3 is 10.1 Å². The van der Waals surface area contributed by atoms with Crippen molar-refractivity contribution >= 4 is 21.9 Å². The average molecular weight is 307 g/mol. The molecule has 0 saturated carbocycles. The number of H-pyrrole nitrogens is 1. The lowest BCUT2D eigenvalue weighted by Gasteiger charge is -2.13. The monoisotopic (exact) mass is 307 g/mol. The van der Waals surface area contributed by atoms with E-state index in [1.165, 1.54) is 24.7 Å². The lowest BCUT2D eigenvalue weighted by molar-refractivity contribution is 0.0695. The SMILES string of the molecule is O=C(O)c1ccc2c(c1)S(=O)(=O)N(Cc1cnc[nH]1)C2=O. The van der Waals surface area contributed by atoms with Crippen LogP contribution in [0.1, 0.15) is 26.4 Å². The van der Waals surface area contributed by atoms with Crippen LogP contribution in [0.2, 0.25) is 0 Å². The fraction of sp³-hybridized carbons (Fsp3) is 0.0833. The molecule has 1 amide bonds. The van der Waals surface area contributed by atoms with Gasteiger partial charge in [0.1, 0.15) is 4.90 Å². The molecule has 2 aromatic rings. The first kappa shape index (κ1) is 13.3. The maximum atomic E-state index is 12.4. The summed E-state index contributed by atoms with van der Waals surface area (Å²) in [5.41, 5.74) is 0.242. The van der Waals surface area contributed by atoms with Crippen molar-refractivity contribution in [3.63, 3.8) is 0 Å². The molecule has 0 unspecified atom stereocenters. The van der Waals surface area contributed by atoms with E-state index in [0.717, 1.165) is 6.07 Å². The number of fused-ring (bicyclic) bond motifs is 1. The Morgan fingerprint density at radius 2 is 2.14 bits per heavy atom. The number of aromatic carboxylic acids is 1. The molecule has 0 bridgehead atoms. The number of aromatic amines is 1. The van der Waals surface area contributed by atoms with E-state index >= 15 is 0 Å². The Bertz CT molecular complexity index is 842. The number of benzene rings is 1. The van der Waals surface area contributed by atoms with E-state index in [4.69, 9.17) is 5.11 Å². The molecule has 1 aliphatic heterocycles. The number of carboxylic acid groups (broad SMARTS) is 1. The van der Waals surface area contributed by atoms with Gasteiger partial charge in [-0.25, -0.2) is 22.5 Å². The number of carbonyl (C=O) groups excluding carboxylic acids is 1. The molecule has 8 nitrogen and oxygen atoms in total. The summed E-state index contributed by atoms with van der Waals surface area (Å²) in [7, 11) is -4.05. The number of amides is 1. The highest BCUT2D eigenvalue weighted by Gasteiger charge is 2.41. The number of carboxylic acids is 1. The topological polar surface area (TPSA) is 120 Å². The largest absolute Gasteiger partial charge is 0.478 e. The summed E-state index contributed by atoms with van der Waals surface area (Å²) >= 11 is 0. The van der Waals surface area contributed by atoms with Crippen molar-refractivity contribution in [3.8, 4) is 0 Å². The number of nitrogens with zero attached hydrogens (tertiary/aromatic N) is 2. The van der Waals surface area contributed by atoms with Crippen molar-refractivity contribution in [2.45, 2.75) is 11.4 Å². The second kappa shape index (κ2) is 4.42. The van der Waals surface area contributed by atoms with Crippen LogP contribution in [-0.4, -0.2) is 39.7 Å². The van der Waals surface area contributed by atoms with Gasteiger partial charge in [0.05, 0.1) is 29.7 Å². The van der Waals surface area contributed by atoms with Crippen molar-refractivity contribution in [2.24, 2.45) is 0 Å². The number of carbonyl (C=O) groups is 2. The lowest BCUT2D eigenvalue weighted by atomic mass is 10.1. The summed E-state index contributed by atoms with van der Waals surface area (Å²) in [6, 6.07) is 3.41. The molecule has 0 radical (unpaired) electrons. The van der Waals surface area contributed by atoms with Crippen LogP contribution in [0.4, 0.5) is 0 Å². The molecule has 0 atom stereocenters. The predicted octanol–water partition coefficient (Wildman–Crippen LogP) is 0.453. The van der Waals surface area contributed by atoms with Gasteiger partial charge in [-0.05, 0) is 18.2 Å². The summed E-state index contributed by atoms with van der Waals surface area (Å²) < 4.78 is 25.4. The van der Waals surface area contributed by atoms with E-state index in [-0.39, 0.29) is 22.6 Å². The van der Waals surface area contributed by atoms with Crippen LogP contribution in [0.5, 0.6) is 0 Å². The molecular weight excluding hydrogens is 298 g/mol. The molecule has 2 heterocycles. The summed E-state index contributed by atoms with van der Waals surface area (Å²) in [6.45, 7) is -0.182. The second-order valence-electron chi connectivity index (χ2n) is 4.41. The van der Waals surface area contributed by atoms with Crippen molar-refractivity contribution in [2.75, 3.05) is 0 Å². The first-order valence-corrected chi connectivity index (χ1v) is 7.27. The van der Waals surface area contributed by atoms with Crippen LogP contribution in [0, 0.1) is 0 Å². The normalized spacial score (nSPS) is 16.0. The second-order valence-corrected chi connectivity index (χ2v) is 6.24. The van der Waals surface area contributed by atoms with Gasteiger partial charge in [-0.1, -0.05) is 0 Å². The van der Waals surface area contributed by atoms with Gasteiger partial charge >= 0.3 is 5.97 Å². The molecule has 108 valence electrons. The molecule has 1 aliphatic rings. The van der Waals surface area contributed by atoms with Crippen LogP contribution in [0.15, 0.2) is 35.6 Å². The zero-order valence-electron chi connectivity index (χ0n) is 10.5. The predicted molar refractivity (Wildman–Crippen MR) is 69.0 cm³/mol. The van der Waals surface area contributed by atoms with E-state index in [2.05, 4.69) is 9.97 Å². The minimum atomic E-state index is -4.05. The zero-order chi connectivity index (χ0) is 15.2. The van der Waals surface area contributed by atoms with Crippen LogP contribution in [-0.2, 0) is 16.6 Å². The van der Waals surface area contributed by atoms with Crippen molar-refractivity contribution in [1.82, 2.24) is 14.3 Å². The van der Waals surface area contributed by atoms with Gasteiger partial charge in [-0.2, -0.15) is 0 Å². The summed E-state index contributed by atoms with van der Waals surface area (Å²) in [5, 5.41) is 8.92. The Morgan fingerprint density at radius 1 is 1.38 bits per heavy atom. The van der Waals surface area contributed by atoms with Crippen LogP contribution >= 0.6 is 0 Å². The lowest BCUT2D eigenvalue weighted by Crippen LogP contribution is -2.29. The quantitative estimate of drug-likeness (QED) is 0.849. The van der Waals surface area contributed by atoms with Crippen LogP contribution < -0.4 is 0 Å². The third kappa shape index (κ3) is 1.98. The maximum absolute atomic E-state index is 12.4. The van der Waals surface area contributed by atoms with E-state index in [9.17, 15) is 18.0 Å². The third-order valence-corrected chi connectivity index (χ3v) is 4.89. The van der Waals surface area contributed by atoms with E-state index in [1.807, 2.05) is 0 Å². The fourth-order valence-electron chi connectivity index (χ4n) is 2.09. The third-order valence-electron chi connectivity index (χ3n) is 3.12. The number of rotatable bonds is 3. The molecule has 0 fully saturated rings. The molecule has 0 aliphatic carbocycles. The average Bonchev–Trinajstić information content (AvgIpc) is 3.01. The molecule has 2 N–H and O–H groups in total. The zero-order valence-corrected chi connectivity index (χ0v) is 11.3. The Labute approximate surface area is 119 Å². The number of hydrogen-bond acceptors (Lipinski definition) is 5. The Morgan fingerprint density at radius 3 is 2.76 bits per heavy atom. The van der Waals surface area contributed by atoms with Gasteiger partial charge in [0.2, 0.25) is 0 Å². The molecular formula is C12H9N3O5S. The highest BCUT2D eigenvalue weighted by molar-refractivity contribution is 7.90. The van der Waals surface area contributed by atoms with Gasteiger partial charge in [-0.3, -0.25) is 4.79 Å². The van der Waals surface area contributed by atoms with E-state index < -0.39 is 21.9 Å². The molecule has 9 heteroatoms. The molecule has 0 spiro atoms. The molecule has 1 aromatic carbocycles. The van der Waals surface area contributed by atoms with Gasteiger partial charge in [0.15, 0.2) is 0 Å². The van der Waals surface area contributed by atoms with Crippen LogP contribution in [0.25, 0.3) is 0 Å². The van der Waals surface area contributed by atoms with E-state index in [0.29, 0.717) is 10.00 Å². The standard InChI is InChI=1S/C12H9N3O5S/c16-11-9-2-1-7(12(17)18)3-10(9)21(19,20)15(11)5-8-4-13-6-14-8/h1-4,6H,5H2,(H,13,14)(H,17,18). The Hall–Kier alpha value is -2.68. The van der Waals surface area contributed by atoms with Gasteiger partial charge in [0.25, 0.3) is 15.9 Å². The fourth-order valence-corrected chi connectivity index (χ4v) is 3.66. The Kier molecular flexibility index (Phi) is 2.80. The Balaban J connectivity index is 2.08. The number of aromatic nitrogens is 2. The van der Waals surface area contributed by atoms with Crippen molar-refractivity contribution < 1.29 is 23.1 Å². The van der Waals surface area contributed by atoms with E-state index in [1.54, 1.807) is 0 Å². The number of sulfonamides is 1. The van der Waals surface area contributed by atoms with Crippen molar-refractivity contribution in [3.05, 3.63) is 47.5 Å². The highest BCUT2D eigenvalue weighted by Crippen LogP contribution is 2.32. The minimum absolute atomic E-state index is 0.0282. The molecule has 1 aromatic heterocycles. The summed E-state index contributed by atoms with van der Waals surface area (Å²) in [5.74, 6) is -1.94. The summed E-state index contributed by atoms with van der Waals surface area (Å²) in [4.78, 5) is 29.3. The molecule has 0 saturated heterocycles. The molecule has 21 heavy (non-hydrogen) atoms. The first-order valence-electron chi connectivity index (χ1n) is 5.83. The smallest absolute Gasteiger partial charge is 0.335 e. The van der Waals surface area contributed by atoms with Gasteiger partial charge in [0, 0.05) is 6.20 Å². The number of hydrogen-bond donors (Lipinski definition) is 2. The number of imidazole rings is 1. The maximum Gasteiger partial charge on any atom is 0.335 e. The minimum Gasteiger partial charge on any atom is -0.478 e. The summed E-state index contributed by atoms with van der Waals surface area (Å²) in [6.07, 6.45) is 2.78. The first-order chi connectivity index (χ1) is 9.91. The van der Waals surface area contributed by atoms with Crippen molar-refractivity contribution in [1.29, 1.82) is 0 Å². The highest BCUT2D eigenvalue weighted by atomic mass is 32.2. The van der Waals surface area contributed by atoms with Gasteiger partial charge in [-0.15, -0.1) is 0 Å². The number of nitrogens with one attached hydrogen (secondary N) is 1.